The van der Waals surface area contributed by atoms with E-state index in [-0.39, 0.29) is 24.2 Å². The van der Waals surface area contributed by atoms with Crippen molar-refractivity contribution in [2.45, 2.75) is 19.6 Å². The van der Waals surface area contributed by atoms with Crippen LogP contribution in [0.1, 0.15) is 34.6 Å². The van der Waals surface area contributed by atoms with Crippen molar-refractivity contribution in [2.24, 2.45) is 0 Å². The molecule has 0 aliphatic carbocycles. The topological polar surface area (TPSA) is 98.3 Å². The molecule has 100 valence electrons. The molecule has 1 aliphatic heterocycles. The van der Waals surface area contributed by atoms with Crippen LogP contribution in [0.3, 0.4) is 0 Å². The predicted octanol–water partition coefficient (Wildman–Crippen LogP) is 1.92. The average Bonchev–Trinajstić information content (AvgIpc) is 2.72. The molecule has 0 saturated carbocycles. The van der Waals surface area contributed by atoms with Gasteiger partial charge in [-0.15, -0.1) is 12.4 Å². The summed E-state index contributed by atoms with van der Waals surface area (Å²) in [6.07, 6.45) is 1.32. The number of halogens is 1. The number of nitrogen functional groups attached to an aromatic ring is 1. The zero-order valence-corrected chi connectivity index (χ0v) is 10.9. The summed E-state index contributed by atoms with van der Waals surface area (Å²) in [7, 11) is 0. The van der Waals surface area contributed by atoms with Crippen LogP contribution in [0.5, 0.6) is 0 Å². The summed E-state index contributed by atoms with van der Waals surface area (Å²) in [6, 6.07) is 1.52. The molecule has 2 aromatic heterocycles. The Kier molecular flexibility index (Phi) is 3.30. The van der Waals surface area contributed by atoms with E-state index in [9.17, 15) is 4.79 Å². The number of fused-ring (bicyclic) bond motifs is 3. The number of carboxylic acid groups (broad SMARTS) is 1. The van der Waals surface area contributed by atoms with E-state index >= 15 is 0 Å². The molecular formula is C12H12ClN3O3. The van der Waals surface area contributed by atoms with Gasteiger partial charge in [-0.25, -0.2) is 14.8 Å². The smallest absolute Gasteiger partial charge is 0.354 e. The molecule has 3 rings (SSSR count). The maximum atomic E-state index is 10.9. The van der Waals surface area contributed by atoms with E-state index in [1.54, 1.807) is 0 Å². The molecule has 0 bridgehead atoms. The van der Waals surface area contributed by atoms with E-state index < -0.39 is 5.97 Å². The highest BCUT2D eigenvalue weighted by Crippen LogP contribution is 2.37. The number of pyridine rings is 2. The van der Waals surface area contributed by atoms with Crippen molar-refractivity contribution in [3.8, 4) is 0 Å². The molecule has 2 aromatic rings. The van der Waals surface area contributed by atoms with Gasteiger partial charge in [0, 0.05) is 10.9 Å². The molecule has 0 radical (unpaired) electrons. The number of ether oxygens (including phenoxy) is 1. The summed E-state index contributed by atoms with van der Waals surface area (Å²) in [5.41, 5.74) is 8.24. The van der Waals surface area contributed by atoms with Crippen LogP contribution in [0.4, 0.5) is 5.82 Å². The Morgan fingerprint density at radius 3 is 3.00 bits per heavy atom. The third-order valence-corrected chi connectivity index (χ3v) is 3.15. The third kappa shape index (κ3) is 1.98. The predicted molar refractivity (Wildman–Crippen MR) is 71.4 cm³/mol. The summed E-state index contributed by atoms with van der Waals surface area (Å²) < 4.78 is 5.52. The van der Waals surface area contributed by atoms with E-state index in [4.69, 9.17) is 15.6 Å². The van der Waals surface area contributed by atoms with Crippen LogP contribution in [0.2, 0.25) is 0 Å². The highest BCUT2D eigenvalue weighted by Gasteiger charge is 2.25. The highest BCUT2D eigenvalue weighted by atomic mass is 35.5. The van der Waals surface area contributed by atoms with Gasteiger partial charge in [-0.2, -0.15) is 0 Å². The number of carbonyl (C=O) groups is 1. The number of anilines is 1. The quantitative estimate of drug-likeness (QED) is 0.828. The highest BCUT2D eigenvalue weighted by molar-refractivity contribution is 5.93. The summed E-state index contributed by atoms with van der Waals surface area (Å²) >= 11 is 0. The first kappa shape index (κ1) is 13.5. The fourth-order valence-corrected chi connectivity index (χ4v) is 2.29. The van der Waals surface area contributed by atoms with Crippen molar-refractivity contribution >= 4 is 35.1 Å². The number of nitrogens with zero attached hydrogens (tertiary/aromatic N) is 2. The Hall–Kier alpha value is -1.92. The fourth-order valence-electron chi connectivity index (χ4n) is 2.29. The maximum Gasteiger partial charge on any atom is 0.354 e. The Morgan fingerprint density at radius 1 is 1.58 bits per heavy atom. The number of rotatable bonds is 1. The SMILES string of the molecule is CC1OCc2c1c(N)nc1cnc(C(=O)O)cc21.Cl. The lowest BCUT2D eigenvalue weighted by atomic mass is 10.0. The van der Waals surface area contributed by atoms with Crippen LogP contribution in [0.25, 0.3) is 10.9 Å². The number of aromatic nitrogens is 2. The van der Waals surface area contributed by atoms with E-state index in [1.165, 1.54) is 12.3 Å². The minimum absolute atomic E-state index is 0. The third-order valence-electron chi connectivity index (χ3n) is 3.15. The largest absolute Gasteiger partial charge is 0.477 e. The monoisotopic (exact) mass is 281 g/mol. The van der Waals surface area contributed by atoms with Crippen molar-refractivity contribution in [3.63, 3.8) is 0 Å². The van der Waals surface area contributed by atoms with Gasteiger partial charge in [0.05, 0.1) is 24.4 Å². The Morgan fingerprint density at radius 2 is 2.32 bits per heavy atom. The zero-order chi connectivity index (χ0) is 12.9. The van der Waals surface area contributed by atoms with Crippen molar-refractivity contribution in [2.75, 3.05) is 5.73 Å². The summed E-state index contributed by atoms with van der Waals surface area (Å²) in [5, 5.41) is 9.71. The van der Waals surface area contributed by atoms with Gasteiger partial charge in [0.25, 0.3) is 0 Å². The molecule has 0 saturated heterocycles. The number of hydrogen-bond donors (Lipinski definition) is 2. The first-order valence-corrected chi connectivity index (χ1v) is 5.51. The lowest BCUT2D eigenvalue weighted by Gasteiger charge is -2.09. The van der Waals surface area contributed by atoms with Crippen LogP contribution in [-0.2, 0) is 11.3 Å². The molecule has 6 nitrogen and oxygen atoms in total. The van der Waals surface area contributed by atoms with Crippen LogP contribution in [-0.4, -0.2) is 21.0 Å². The summed E-state index contributed by atoms with van der Waals surface area (Å²) in [5.74, 6) is -0.637. The first-order valence-electron chi connectivity index (χ1n) is 5.51. The fraction of sp³-hybridized carbons (Fsp3) is 0.250. The first-order chi connectivity index (χ1) is 8.58. The van der Waals surface area contributed by atoms with Crippen LogP contribution >= 0.6 is 12.4 Å². The number of aromatic carboxylic acids is 1. The molecule has 1 unspecified atom stereocenters. The Balaban J connectivity index is 0.00000133. The van der Waals surface area contributed by atoms with Crippen molar-refractivity contribution in [3.05, 3.63) is 29.1 Å². The lowest BCUT2D eigenvalue weighted by Crippen LogP contribution is -2.04. The molecule has 1 atom stereocenters. The van der Waals surface area contributed by atoms with Gasteiger partial charge in [0.2, 0.25) is 0 Å². The molecule has 0 spiro atoms. The van der Waals surface area contributed by atoms with E-state index in [1.807, 2.05) is 6.92 Å². The van der Waals surface area contributed by atoms with Gasteiger partial charge in [-0.05, 0) is 18.6 Å². The van der Waals surface area contributed by atoms with Crippen molar-refractivity contribution in [1.29, 1.82) is 0 Å². The Labute approximate surface area is 115 Å². The second kappa shape index (κ2) is 4.64. The molecule has 1 aliphatic rings. The van der Waals surface area contributed by atoms with E-state index in [0.29, 0.717) is 17.9 Å². The molecule has 0 amide bonds. The maximum absolute atomic E-state index is 10.9. The van der Waals surface area contributed by atoms with Crippen LogP contribution in [0, 0.1) is 0 Å². The van der Waals surface area contributed by atoms with Crippen LogP contribution < -0.4 is 5.73 Å². The van der Waals surface area contributed by atoms with E-state index in [0.717, 1.165) is 16.5 Å². The minimum atomic E-state index is -1.06. The van der Waals surface area contributed by atoms with Gasteiger partial charge in [0.1, 0.15) is 11.5 Å². The average molecular weight is 282 g/mol. The molecular weight excluding hydrogens is 270 g/mol. The van der Waals surface area contributed by atoms with E-state index in [2.05, 4.69) is 9.97 Å². The van der Waals surface area contributed by atoms with Gasteiger partial charge in [0.15, 0.2) is 0 Å². The molecule has 0 aromatic carbocycles. The Bertz CT molecular complexity index is 675. The van der Waals surface area contributed by atoms with Crippen LogP contribution in [0.15, 0.2) is 12.3 Å². The number of hydrogen-bond acceptors (Lipinski definition) is 5. The molecule has 3 heterocycles. The van der Waals surface area contributed by atoms with Gasteiger partial charge < -0.3 is 15.6 Å². The second-order valence-corrected chi connectivity index (χ2v) is 4.23. The lowest BCUT2D eigenvalue weighted by molar-refractivity contribution is 0.0690. The summed E-state index contributed by atoms with van der Waals surface area (Å²) in [6.45, 7) is 2.32. The molecule has 19 heavy (non-hydrogen) atoms. The molecule has 0 fully saturated rings. The number of nitrogens with two attached hydrogens (primary N) is 1. The molecule has 7 heteroatoms. The van der Waals surface area contributed by atoms with Crippen molar-refractivity contribution in [1.82, 2.24) is 9.97 Å². The zero-order valence-electron chi connectivity index (χ0n) is 10.1. The number of carboxylic acids is 1. The van der Waals surface area contributed by atoms with Gasteiger partial charge in [-0.1, -0.05) is 0 Å². The van der Waals surface area contributed by atoms with Gasteiger partial charge in [-0.3, -0.25) is 0 Å². The van der Waals surface area contributed by atoms with Crippen molar-refractivity contribution < 1.29 is 14.6 Å². The van der Waals surface area contributed by atoms with Gasteiger partial charge >= 0.3 is 5.97 Å². The second-order valence-electron chi connectivity index (χ2n) is 4.23. The molecule has 3 N–H and O–H groups in total. The normalized spacial score (nSPS) is 17.0. The standard InChI is InChI=1S/C12H11N3O3.ClH/c1-5-10-7(4-18-5)6-2-8(12(16)17)14-3-9(6)15-11(10)13;/h2-3,5H,4H2,1H3,(H2,13,15)(H,16,17);1H. The minimum Gasteiger partial charge on any atom is -0.477 e. The summed E-state index contributed by atoms with van der Waals surface area (Å²) in [4.78, 5) is 19.0.